The largest absolute Gasteiger partial charge is 0.508 e. The van der Waals surface area contributed by atoms with E-state index in [9.17, 15) is 0 Å². The van der Waals surface area contributed by atoms with Gasteiger partial charge in [0.25, 0.3) is 0 Å². The molecule has 0 heterocycles. The molecule has 0 aliphatic heterocycles. The van der Waals surface area contributed by atoms with Crippen LogP contribution in [0.25, 0.3) is 0 Å². The van der Waals surface area contributed by atoms with Crippen molar-refractivity contribution in [3.63, 3.8) is 0 Å². The van der Waals surface area contributed by atoms with Crippen molar-refractivity contribution in [2.45, 2.75) is 26.4 Å². The summed E-state index contributed by atoms with van der Waals surface area (Å²) in [7, 11) is 0. The Balaban J connectivity index is 2.45. The van der Waals surface area contributed by atoms with Gasteiger partial charge in [-0.15, -0.1) is 0 Å². The maximum absolute atomic E-state index is 9.12. The van der Waals surface area contributed by atoms with Crippen LogP contribution in [0.1, 0.15) is 19.4 Å². The van der Waals surface area contributed by atoms with E-state index in [2.05, 4.69) is 19.2 Å². The highest BCUT2D eigenvalue weighted by Gasteiger charge is 2.10. The van der Waals surface area contributed by atoms with Crippen molar-refractivity contribution in [3.8, 4) is 5.75 Å². The fourth-order valence-corrected chi connectivity index (χ4v) is 1.37. The summed E-state index contributed by atoms with van der Waals surface area (Å²) in [4.78, 5) is 0. The van der Waals surface area contributed by atoms with Gasteiger partial charge in [0.15, 0.2) is 0 Å². The third-order valence-corrected chi connectivity index (χ3v) is 2.51. The molecule has 1 rings (SSSR count). The Labute approximate surface area is 90.8 Å². The fraction of sp³-hybridized carbons (Fsp3) is 0.500. The predicted molar refractivity (Wildman–Crippen MR) is 60.7 cm³/mol. The molecule has 1 atom stereocenters. The minimum atomic E-state index is 0.124. The Morgan fingerprint density at radius 1 is 1.20 bits per heavy atom. The van der Waals surface area contributed by atoms with E-state index in [4.69, 9.17) is 10.2 Å². The summed E-state index contributed by atoms with van der Waals surface area (Å²) in [5.74, 6) is 0.688. The molecule has 15 heavy (non-hydrogen) atoms. The number of nitrogens with one attached hydrogen (secondary N) is 1. The molecule has 0 saturated heterocycles. The molecule has 1 unspecified atom stereocenters. The zero-order chi connectivity index (χ0) is 11.3. The number of benzene rings is 1. The summed E-state index contributed by atoms with van der Waals surface area (Å²) in [5.41, 5.74) is 1.10. The molecule has 0 aliphatic rings. The van der Waals surface area contributed by atoms with Crippen molar-refractivity contribution in [1.29, 1.82) is 0 Å². The molecule has 0 bridgehead atoms. The fourth-order valence-electron chi connectivity index (χ4n) is 1.37. The van der Waals surface area contributed by atoms with Crippen LogP contribution in [-0.2, 0) is 6.54 Å². The smallest absolute Gasteiger partial charge is 0.115 e. The lowest BCUT2D eigenvalue weighted by Crippen LogP contribution is -2.36. The summed E-state index contributed by atoms with van der Waals surface area (Å²) >= 11 is 0. The van der Waals surface area contributed by atoms with Crippen LogP contribution in [0.5, 0.6) is 5.75 Å². The zero-order valence-corrected chi connectivity index (χ0v) is 9.27. The number of aliphatic hydroxyl groups is 1. The van der Waals surface area contributed by atoms with Crippen molar-refractivity contribution in [2.24, 2.45) is 5.92 Å². The van der Waals surface area contributed by atoms with Gasteiger partial charge < -0.3 is 15.5 Å². The molecule has 0 radical (unpaired) electrons. The van der Waals surface area contributed by atoms with Crippen LogP contribution in [0.15, 0.2) is 24.3 Å². The average molecular weight is 209 g/mol. The first-order valence-corrected chi connectivity index (χ1v) is 5.25. The van der Waals surface area contributed by atoms with Crippen LogP contribution in [0.3, 0.4) is 0 Å². The Morgan fingerprint density at radius 3 is 2.27 bits per heavy atom. The van der Waals surface area contributed by atoms with Crippen molar-refractivity contribution in [3.05, 3.63) is 29.8 Å². The maximum Gasteiger partial charge on any atom is 0.115 e. The molecule has 0 aliphatic carbocycles. The van der Waals surface area contributed by atoms with Gasteiger partial charge in [-0.25, -0.2) is 0 Å². The Morgan fingerprint density at radius 2 is 1.80 bits per heavy atom. The normalized spacial score (nSPS) is 13.1. The lowest BCUT2D eigenvalue weighted by atomic mass is 10.1. The van der Waals surface area contributed by atoms with E-state index in [0.717, 1.165) is 5.56 Å². The monoisotopic (exact) mass is 209 g/mol. The van der Waals surface area contributed by atoms with Gasteiger partial charge in [-0.2, -0.15) is 0 Å². The zero-order valence-electron chi connectivity index (χ0n) is 9.27. The Bertz CT molecular complexity index is 282. The van der Waals surface area contributed by atoms with Gasteiger partial charge in [0, 0.05) is 12.6 Å². The number of phenolic OH excluding ortho intramolecular Hbond substituents is 1. The van der Waals surface area contributed by atoms with Gasteiger partial charge in [-0.1, -0.05) is 26.0 Å². The van der Waals surface area contributed by atoms with E-state index >= 15 is 0 Å². The van der Waals surface area contributed by atoms with Gasteiger partial charge in [0.2, 0.25) is 0 Å². The van der Waals surface area contributed by atoms with Crippen LogP contribution in [-0.4, -0.2) is 22.9 Å². The summed E-state index contributed by atoms with van der Waals surface area (Å²) in [6.07, 6.45) is 0. The number of aromatic hydroxyl groups is 1. The van der Waals surface area contributed by atoms with E-state index in [1.165, 1.54) is 0 Å². The van der Waals surface area contributed by atoms with Gasteiger partial charge in [-0.05, 0) is 23.6 Å². The molecule has 3 heteroatoms. The molecule has 0 spiro atoms. The molecule has 1 aromatic rings. The first-order chi connectivity index (χ1) is 7.13. The second-order valence-electron chi connectivity index (χ2n) is 4.08. The van der Waals surface area contributed by atoms with Crippen LogP contribution in [0.4, 0.5) is 0 Å². The molecule has 0 saturated carbocycles. The molecular formula is C12H19NO2. The summed E-state index contributed by atoms with van der Waals surface area (Å²) in [5, 5.41) is 21.5. The molecule has 3 nitrogen and oxygen atoms in total. The summed E-state index contributed by atoms with van der Waals surface area (Å²) in [6.45, 7) is 5.01. The number of hydrogen-bond acceptors (Lipinski definition) is 3. The SMILES string of the molecule is CC(C)C(CO)NCc1ccc(O)cc1. The van der Waals surface area contributed by atoms with Gasteiger partial charge in [-0.3, -0.25) is 0 Å². The number of hydrogen-bond donors (Lipinski definition) is 3. The molecule has 0 fully saturated rings. The first kappa shape index (κ1) is 12.0. The highest BCUT2D eigenvalue weighted by atomic mass is 16.3. The Hall–Kier alpha value is -1.06. The van der Waals surface area contributed by atoms with E-state index in [-0.39, 0.29) is 18.4 Å². The van der Waals surface area contributed by atoms with Crippen LogP contribution >= 0.6 is 0 Å². The molecule has 3 N–H and O–H groups in total. The van der Waals surface area contributed by atoms with E-state index in [1.807, 2.05) is 12.1 Å². The second kappa shape index (κ2) is 5.73. The second-order valence-corrected chi connectivity index (χ2v) is 4.08. The van der Waals surface area contributed by atoms with Crippen LogP contribution in [0, 0.1) is 5.92 Å². The van der Waals surface area contributed by atoms with Crippen LogP contribution < -0.4 is 5.32 Å². The van der Waals surface area contributed by atoms with Gasteiger partial charge in [0.05, 0.1) is 6.61 Å². The van der Waals surface area contributed by atoms with Crippen molar-refractivity contribution < 1.29 is 10.2 Å². The van der Waals surface area contributed by atoms with Gasteiger partial charge >= 0.3 is 0 Å². The maximum atomic E-state index is 9.12. The highest BCUT2D eigenvalue weighted by Crippen LogP contribution is 2.10. The van der Waals surface area contributed by atoms with Crippen molar-refractivity contribution >= 4 is 0 Å². The minimum absolute atomic E-state index is 0.124. The first-order valence-electron chi connectivity index (χ1n) is 5.25. The van der Waals surface area contributed by atoms with Crippen LogP contribution in [0.2, 0.25) is 0 Å². The number of aliphatic hydroxyl groups excluding tert-OH is 1. The van der Waals surface area contributed by atoms with Crippen molar-refractivity contribution in [2.75, 3.05) is 6.61 Å². The Kier molecular flexibility index (Phi) is 4.59. The molecule has 1 aromatic carbocycles. The minimum Gasteiger partial charge on any atom is -0.508 e. The molecular weight excluding hydrogens is 190 g/mol. The molecule has 0 amide bonds. The summed E-state index contributed by atoms with van der Waals surface area (Å²) in [6, 6.07) is 7.20. The highest BCUT2D eigenvalue weighted by molar-refractivity contribution is 5.25. The molecule has 0 aromatic heterocycles. The van der Waals surface area contributed by atoms with E-state index in [1.54, 1.807) is 12.1 Å². The topological polar surface area (TPSA) is 52.5 Å². The van der Waals surface area contributed by atoms with E-state index < -0.39 is 0 Å². The third kappa shape index (κ3) is 3.90. The van der Waals surface area contributed by atoms with Gasteiger partial charge in [0.1, 0.15) is 5.75 Å². The predicted octanol–water partition coefficient (Wildman–Crippen LogP) is 1.50. The standard InChI is InChI=1S/C12H19NO2/c1-9(2)12(8-14)13-7-10-3-5-11(15)6-4-10/h3-6,9,12-15H,7-8H2,1-2H3. The summed E-state index contributed by atoms with van der Waals surface area (Å²) < 4.78 is 0. The lowest BCUT2D eigenvalue weighted by molar-refractivity contribution is 0.210. The molecule has 84 valence electrons. The average Bonchev–Trinajstić information content (AvgIpc) is 2.21. The third-order valence-electron chi connectivity index (χ3n) is 2.51. The lowest BCUT2D eigenvalue weighted by Gasteiger charge is -2.19. The quantitative estimate of drug-likeness (QED) is 0.689. The number of phenols is 1. The number of rotatable bonds is 5. The van der Waals surface area contributed by atoms with Crippen molar-refractivity contribution in [1.82, 2.24) is 5.32 Å². The van der Waals surface area contributed by atoms with E-state index in [0.29, 0.717) is 12.5 Å².